The molecule has 0 bridgehead atoms. The third kappa shape index (κ3) is 7.02. The van der Waals surface area contributed by atoms with Gasteiger partial charge in [0.25, 0.3) is 0 Å². The zero-order valence-corrected chi connectivity index (χ0v) is 15.4. The van der Waals surface area contributed by atoms with Crippen LogP contribution in [0.1, 0.15) is 26.2 Å². The molecule has 7 heteroatoms. The van der Waals surface area contributed by atoms with E-state index in [4.69, 9.17) is 0 Å². The van der Waals surface area contributed by atoms with Crippen LogP contribution in [0.25, 0.3) is 0 Å². The van der Waals surface area contributed by atoms with E-state index in [1.807, 2.05) is 6.92 Å². The highest BCUT2D eigenvalue weighted by Crippen LogP contribution is 2.20. The first-order valence-corrected chi connectivity index (χ1v) is 8.41. The molecular weight excluding hydrogens is 306 g/mol. The second-order valence-electron chi connectivity index (χ2n) is 6.55. The Kier molecular flexibility index (Phi) is 8.29. The number of likely N-dealkylation sites (tertiary alicyclic amines) is 1. The van der Waals surface area contributed by atoms with Gasteiger partial charge in [-0.1, -0.05) is 12.2 Å². The molecule has 0 atom stereocenters. The largest absolute Gasteiger partial charge is 0.359 e. The number of carbonyl (C=O) groups is 2. The molecule has 0 unspecified atom stereocenters. The number of guanidine groups is 1. The molecule has 1 aliphatic rings. The molecule has 0 aromatic heterocycles. The summed E-state index contributed by atoms with van der Waals surface area (Å²) in [5, 5.41) is 5.96. The third-order valence-electron chi connectivity index (χ3n) is 4.08. The Morgan fingerprint density at radius 2 is 1.92 bits per heavy atom. The predicted octanol–water partition coefficient (Wildman–Crippen LogP) is 0.444. The van der Waals surface area contributed by atoms with Crippen molar-refractivity contribution in [1.82, 2.24) is 20.4 Å². The van der Waals surface area contributed by atoms with Crippen molar-refractivity contribution in [2.75, 3.05) is 47.3 Å². The molecule has 0 aromatic rings. The average molecular weight is 337 g/mol. The van der Waals surface area contributed by atoms with Crippen molar-refractivity contribution in [2.45, 2.75) is 26.2 Å². The SMILES string of the molecule is C=C(C)CNC(=NCC(=O)N(C)C)N1CCC(CC(=O)NC)CC1. The number of piperidine rings is 1. The molecule has 0 spiro atoms. The van der Waals surface area contributed by atoms with Crippen LogP contribution in [0.3, 0.4) is 0 Å². The predicted molar refractivity (Wildman–Crippen MR) is 96.8 cm³/mol. The van der Waals surface area contributed by atoms with Crippen molar-refractivity contribution in [3.63, 3.8) is 0 Å². The first kappa shape index (κ1) is 20.0. The van der Waals surface area contributed by atoms with Gasteiger partial charge in [-0.15, -0.1) is 0 Å². The van der Waals surface area contributed by atoms with E-state index < -0.39 is 0 Å². The van der Waals surface area contributed by atoms with Gasteiger partial charge in [-0.3, -0.25) is 9.59 Å². The van der Waals surface area contributed by atoms with Gasteiger partial charge < -0.3 is 20.4 Å². The Balaban J connectivity index is 2.64. The zero-order chi connectivity index (χ0) is 18.1. The van der Waals surface area contributed by atoms with Crippen molar-refractivity contribution >= 4 is 17.8 Å². The number of nitrogens with one attached hydrogen (secondary N) is 2. The standard InChI is InChI=1S/C17H31N5O2/c1-13(2)11-19-17(20-12-16(24)21(4)5)22-8-6-14(7-9-22)10-15(23)18-3/h14H,1,6-12H2,2-5H3,(H,18,23)(H,19,20). The van der Waals surface area contributed by atoms with Crippen LogP contribution in [-0.4, -0.2) is 74.9 Å². The number of amides is 2. The van der Waals surface area contributed by atoms with Gasteiger partial charge in [-0.25, -0.2) is 4.99 Å². The van der Waals surface area contributed by atoms with E-state index in [0.29, 0.717) is 18.9 Å². The van der Waals surface area contributed by atoms with E-state index in [0.717, 1.165) is 37.5 Å². The molecule has 1 rings (SSSR count). The summed E-state index contributed by atoms with van der Waals surface area (Å²) >= 11 is 0. The third-order valence-corrected chi connectivity index (χ3v) is 4.08. The summed E-state index contributed by atoms with van der Waals surface area (Å²) in [6.45, 7) is 8.27. The fourth-order valence-corrected chi connectivity index (χ4v) is 2.49. The molecule has 7 nitrogen and oxygen atoms in total. The summed E-state index contributed by atoms with van der Waals surface area (Å²) in [5.74, 6) is 1.22. The molecule has 2 amide bonds. The molecule has 2 N–H and O–H groups in total. The van der Waals surface area contributed by atoms with E-state index in [1.165, 1.54) is 4.90 Å². The minimum absolute atomic E-state index is 0.0286. The summed E-state index contributed by atoms with van der Waals surface area (Å²) in [6, 6.07) is 0. The van der Waals surface area contributed by atoms with E-state index in [1.54, 1.807) is 21.1 Å². The van der Waals surface area contributed by atoms with E-state index in [-0.39, 0.29) is 18.4 Å². The highest BCUT2D eigenvalue weighted by atomic mass is 16.2. The number of carbonyl (C=O) groups excluding carboxylic acids is 2. The van der Waals surface area contributed by atoms with Crippen LogP contribution >= 0.6 is 0 Å². The van der Waals surface area contributed by atoms with Crippen molar-refractivity contribution in [3.05, 3.63) is 12.2 Å². The second-order valence-corrected chi connectivity index (χ2v) is 6.55. The van der Waals surface area contributed by atoms with Gasteiger partial charge in [-0.2, -0.15) is 0 Å². The number of hydrogen-bond donors (Lipinski definition) is 2. The normalized spacial score (nSPS) is 15.8. The lowest BCUT2D eigenvalue weighted by atomic mass is 9.93. The Labute approximate surface area is 145 Å². The lowest BCUT2D eigenvalue weighted by Gasteiger charge is -2.34. The molecule has 1 saturated heterocycles. The van der Waals surface area contributed by atoms with Crippen LogP contribution in [0.4, 0.5) is 0 Å². The van der Waals surface area contributed by atoms with Crippen LogP contribution in [-0.2, 0) is 9.59 Å². The smallest absolute Gasteiger partial charge is 0.243 e. The van der Waals surface area contributed by atoms with Gasteiger partial charge in [0.2, 0.25) is 11.8 Å². The number of rotatable bonds is 6. The number of hydrogen-bond acceptors (Lipinski definition) is 3. The van der Waals surface area contributed by atoms with E-state index >= 15 is 0 Å². The highest BCUT2D eigenvalue weighted by molar-refractivity contribution is 5.85. The molecular formula is C17H31N5O2. The van der Waals surface area contributed by atoms with Gasteiger partial charge in [-0.05, 0) is 25.7 Å². The summed E-state index contributed by atoms with van der Waals surface area (Å²) < 4.78 is 0. The quantitative estimate of drug-likeness (QED) is 0.419. The van der Waals surface area contributed by atoms with Gasteiger partial charge in [0.1, 0.15) is 6.54 Å². The van der Waals surface area contributed by atoms with Crippen molar-refractivity contribution < 1.29 is 9.59 Å². The Bertz CT molecular complexity index is 479. The molecule has 0 saturated carbocycles. The maximum atomic E-state index is 11.8. The van der Waals surface area contributed by atoms with Crippen LogP contribution in [0, 0.1) is 5.92 Å². The van der Waals surface area contributed by atoms with Crippen molar-refractivity contribution in [3.8, 4) is 0 Å². The molecule has 1 fully saturated rings. The number of nitrogens with zero attached hydrogens (tertiary/aromatic N) is 3. The van der Waals surface area contributed by atoms with E-state index in [2.05, 4.69) is 27.1 Å². The summed E-state index contributed by atoms with van der Waals surface area (Å²) in [4.78, 5) is 31.4. The maximum Gasteiger partial charge on any atom is 0.243 e. The lowest BCUT2D eigenvalue weighted by molar-refractivity contribution is -0.127. The molecule has 0 aromatic carbocycles. The number of aliphatic imine (C=N–C) groups is 1. The van der Waals surface area contributed by atoms with Crippen LogP contribution < -0.4 is 10.6 Å². The fraction of sp³-hybridized carbons (Fsp3) is 0.706. The molecule has 1 heterocycles. The van der Waals surface area contributed by atoms with E-state index in [9.17, 15) is 9.59 Å². The Hall–Kier alpha value is -2.05. The topological polar surface area (TPSA) is 77.0 Å². The minimum atomic E-state index is -0.0286. The summed E-state index contributed by atoms with van der Waals surface area (Å²) in [5.41, 5.74) is 1.01. The molecule has 1 aliphatic heterocycles. The average Bonchev–Trinajstić information content (AvgIpc) is 2.55. The maximum absolute atomic E-state index is 11.8. The molecule has 0 radical (unpaired) electrons. The highest BCUT2D eigenvalue weighted by Gasteiger charge is 2.23. The Morgan fingerprint density at radius 1 is 1.29 bits per heavy atom. The van der Waals surface area contributed by atoms with Crippen LogP contribution in [0.5, 0.6) is 0 Å². The van der Waals surface area contributed by atoms with Gasteiger partial charge in [0, 0.05) is 47.2 Å². The number of likely N-dealkylation sites (N-methyl/N-ethyl adjacent to an activating group) is 1. The molecule has 24 heavy (non-hydrogen) atoms. The molecule has 0 aliphatic carbocycles. The summed E-state index contributed by atoms with van der Waals surface area (Å²) in [7, 11) is 5.12. The lowest BCUT2D eigenvalue weighted by Crippen LogP contribution is -2.47. The van der Waals surface area contributed by atoms with Crippen molar-refractivity contribution in [2.24, 2.45) is 10.9 Å². The molecule has 136 valence electrons. The van der Waals surface area contributed by atoms with Gasteiger partial charge >= 0.3 is 0 Å². The fourth-order valence-electron chi connectivity index (χ4n) is 2.49. The van der Waals surface area contributed by atoms with Crippen LogP contribution in [0.15, 0.2) is 17.1 Å². The van der Waals surface area contributed by atoms with Gasteiger partial charge in [0.05, 0.1) is 0 Å². The van der Waals surface area contributed by atoms with Gasteiger partial charge in [0.15, 0.2) is 5.96 Å². The first-order chi connectivity index (χ1) is 11.3. The first-order valence-electron chi connectivity index (χ1n) is 8.41. The Morgan fingerprint density at radius 3 is 2.42 bits per heavy atom. The van der Waals surface area contributed by atoms with Crippen molar-refractivity contribution in [1.29, 1.82) is 0 Å². The van der Waals surface area contributed by atoms with Crippen LogP contribution in [0.2, 0.25) is 0 Å². The zero-order valence-electron chi connectivity index (χ0n) is 15.4. The minimum Gasteiger partial charge on any atom is -0.359 e. The monoisotopic (exact) mass is 337 g/mol. The second kappa shape index (κ2) is 9.95. The summed E-state index contributed by atoms with van der Waals surface area (Å²) in [6.07, 6.45) is 2.47.